The van der Waals surface area contributed by atoms with Crippen molar-refractivity contribution in [2.45, 2.75) is 5.92 Å². The van der Waals surface area contributed by atoms with Crippen molar-refractivity contribution in [3.05, 3.63) is 53.6 Å². The van der Waals surface area contributed by atoms with E-state index in [2.05, 4.69) is 6.07 Å². The largest absolute Gasteiger partial charge is 0.493 e. The van der Waals surface area contributed by atoms with Crippen LogP contribution in [0, 0.1) is 0 Å². The van der Waals surface area contributed by atoms with Gasteiger partial charge in [-0.2, -0.15) is 0 Å². The van der Waals surface area contributed by atoms with Gasteiger partial charge in [-0.25, -0.2) is 0 Å². The molecule has 0 saturated carbocycles. The Morgan fingerprint density at radius 2 is 2.00 bits per heavy atom. The fourth-order valence-corrected chi connectivity index (χ4v) is 2.73. The minimum absolute atomic E-state index is 0.0228. The quantitative estimate of drug-likeness (QED) is 0.868. The third-order valence-electron chi connectivity index (χ3n) is 3.86. The van der Waals surface area contributed by atoms with Crippen molar-refractivity contribution in [3.8, 4) is 17.2 Å². The highest BCUT2D eigenvalue weighted by Gasteiger charge is 2.25. The molecule has 1 atom stereocenters. The summed E-state index contributed by atoms with van der Waals surface area (Å²) in [4.78, 5) is 11.5. The van der Waals surface area contributed by atoms with Crippen LogP contribution in [0.3, 0.4) is 0 Å². The smallest absolute Gasteiger partial charge is 0.203 e. The summed E-state index contributed by atoms with van der Waals surface area (Å²) in [6.45, 7) is 1.31. The molecule has 1 unspecified atom stereocenters. The van der Waals surface area contributed by atoms with E-state index in [1.165, 1.54) is 5.56 Å². The summed E-state index contributed by atoms with van der Waals surface area (Å²) in [6, 6.07) is 13.4. The Kier molecular flexibility index (Phi) is 2.81. The molecule has 2 aromatic rings. The van der Waals surface area contributed by atoms with Gasteiger partial charge in [0.25, 0.3) is 0 Å². The number of para-hydroxylation sites is 1. The third kappa shape index (κ3) is 2.13. The number of carbonyl (C=O) groups is 1. The van der Waals surface area contributed by atoms with Gasteiger partial charge in [0.15, 0.2) is 6.61 Å². The highest BCUT2D eigenvalue weighted by Crippen LogP contribution is 2.35. The van der Waals surface area contributed by atoms with E-state index < -0.39 is 0 Å². The number of ketones is 1. The van der Waals surface area contributed by atoms with Crippen LogP contribution in [-0.2, 0) is 0 Å². The van der Waals surface area contributed by atoms with Gasteiger partial charge in [-0.15, -0.1) is 0 Å². The Morgan fingerprint density at radius 3 is 2.95 bits per heavy atom. The summed E-state index contributed by atoms with van der Waals surface area (Å²) in [5.41, 5.74) is 1.82. The van der Waals surface area contributed by atoms with E-state index in [1.54, 1.807) is 12.1 Å². The average Bonchev–Trinajstić information content (AvgIpc) is 3.09. The van der Waals surface area contributed by atoms with Crippen molar-refractivity contribution in [3.63, 3.8) is 0 Å². The van der Waals surface area contributed by atoms with E-state index in [-0.39, 0.29) is 18.3 Å². The van der Waals surface area contributed by atoms with E-state index in [9.17, 15) is 4.79 Å². The molecule has 0 fully saturated rings. The Morgan fingerprint density at radius 1 is 1.10 bits per heavy atom. The number of benzene rings is 2. The van der Waals surface area contributed by atoms with Crippen molar-refractivity contribution in [1.29, 1.82) is 0 Å². The van der Waals surface area contributed by atoms with E-state index >= 15 is 0 Å². The molecule has 21 heavy (non-hydrogen) atoms. The predicted octanol–water partition coefficient (Wildman–Crippen LogP) is 2.82. The number of Topliss-reactive ketones (excluding diaryl/α,β-unsaturated/α-hetero) is 1. The lowest BCUT2D eigenvalue weighted by atomic mass is 10.0. The lowest BCUT2D eigenvalue weighted by molar-refractivity contribution is 0.0961. The Hall–Kier alpha value is -2.49. The van der Waals surface area contributed by atoms with Crippen LogP contribution in [0.15, 0.2) is 42.5 Å². The van der Waals surface area contributed by atoms with Crippen LogP contribution in [0.1, 0.15) is 21.8 Å². The summed E-state index contributed by atoms with van der Waals surface area (Å²) < 4.78 is 16.8. The van der Waals surface area contributed by atoms with Gasteiger partial charge in [-0.05, 0) is 18.2 Å². The second kappa shape index (κ2) is 4.81. The van der Waals surface area contributed by atoms with Crippen LogP contribution < -0.4 is 14.2 Å². The molecule has 4 rings (SSSR count). The van der Waals surface area contributed by atoms with Gasteiger partial charge in [0.05, 0.1) is 24.7 Å². The molecule has 0 aliphatic carbocycles. The van der Waals surface area contributed by atoms with Gasteiger partial charge in [0.1, 0.15) is 17.2 Å². The molecule has 106 valence electrons. The number of hydrogen-bond acceptors (Lipinski definition) is 4. The number of fused-ring (bicyclic) bond motifs is 2. The molecule has 4 nitrogen and oxygen atoms in total. The maximum atomic E-state index is 11.5. The molecule has 0 radical (unpaired) electrons. The molecule has 0 amide bonds. The van der Waals surface area contributed by atoms with Crippen molar-refractivity contribution in [2.24, 2.45) is 0 Å². The lowest BCUT2D eigenvalue weighted by Gasteiger charge is -2.11. The van der Waals surface area contributed by atoms with Gasteiger partial charge in [-0.3, -0.25) is 4.79 Å². The monoisotopic (exact) mass is 282 g/mol. The highest BCUT2D eigenvalue weighted by atomic mass is 16.5. The summed E-state index contributed by atoms with van der Waals surface area (Å²) in [5, 5.41) is 0. The van der Waals surface area contributed by atoms with E-state index in [0.29, 0.717) is 30.3 Å². The first-order valence-electron chi connectivity index (χ1n) is 6.96. The number of hydrogen-bond donors (Lipinski definition) is 0. The topological polar surface area (TPSA) is 44.8 Å². The summed E-state index contributed by atoms with van der Waals surface area (Å²) in [7, 11) is 0. The third-order valence-corrected chi connectivity index (χ3v) is 3.86. The SMILES string of the molecule is O=C1COc2cc(OCC3COc4ccccc43)ccc21. The molecule has 4 heteroatoms. The van der Waals surface area contributed by atoms with Crippen LogP contribution >= 0.6 is 0 Å². The molecule has 2 aliphatic heterocycles. The van der Waals surface area contributed by atoms with Gasteiger partial charge in [-0.1, -0.05) is 18.2 Å². The van der Waals surface area contributed by atoms with Crippen molar-refractivity contribution in [1.82, 2.24) is 0 Å². The van der Waals surface area contributed by atoms with Crippen LogP contribution in [0.4, 0.5) is 0 Å². The first kappa shape index (κ1) is 12.3. The number of rotatable bonds is 3. The van der Waals surface area contributed by atoms with E-state index in [4.69, 9.17) is 14.2 Å². The molecular weight excluding hydrogens is 268 g/mol. The van der Waals surface area contributed by atoms with Crippen LogP contribution in [0.25, 0.3) is 0 Å². The Bertz CT molecular complexity index is 708. The maximum Gasteiger partial charge on any atom is 0.203 e. The predicted molar refractivity (Wildman–Crippen MR) is 76.4 cm³/mol. The van der Waals surface area contributed by atoms with Crippen molar-refractivity contribution < 1.29 is 19.0 Å². The molecule has 0 aromatic heterocycles. The number of carbonyl (C=O) groups excluding carboxylic acids is 1. The first-order chi connectivity index (χ1) is 10.3. The molecule has 0 spiro atoms. The second-order valence-corrected chi connectivity index (χ2v) is 5.23. The fourth-order valence-electron chi connectivity index (χ4n) is 2.73. The van der Waals surface area contributed by atoms with Gasteiger partial charge in [0, 0.05) is 11.6 Å². The summed E-state index contributed by atoms with van der Waals surface area (Å²) >= 11 is 0. The minimum atomic E-state index is 0.0228. The zero-order valence-corrected chi connectivity index (χ0v) is 11.4. The van der Waals surface area contributed by atoms with Crippen LogP contribution in [0.5, 0.6) is 17.2 Å². The molecule has 2 aromatic carbocycles. The van der Waals surface area contributed by atoms with Crippen LogP contribution in [0.2, 0.25) is 0 Å². The normalized spacial score (nSPS) is 18.7. The molecule has 2 heterocycles. The minimum Gasteiger partial charge on any atom is -0.493 e. The van der Waals surface area contributed by atoms with Gasteiger partial charge in [0.2, 0.25) is 5.78 Å². The molecular formula is C17H14O4. The van der Waals surface area contributed by atoms with E-state index in [0.717, 1.165) is 5.75 Å². The highest BCUT2D eigenvalue weighted by molar-refractivity contribution is 6.02. The van der Waals surface area contributed by atoms with Crippen LogP contribution in [-0.4, -0.2) is 25.6 Å². The van der Waals surface area contributed by atoms with E-state index in [1.807, 2.05) is 24.3 Å². The molecule has 0 bridgehead atoms. The zero-order valence-electron chi connectivity index (χ0n) is 11.4. The maximum absolute atomic E-state index is 11.5. The summed E-state index contributed by atoms with van der Waals surface area (Å²) in [5.74, 6) is 2.52. The van der Waals surface area contributed by atoms with Crippen molar-refractivity contribution >= 4 is 5.78 Å². The fraction of sp³-hybridized carbons (Fsp3) is 0.235. The standard InChI is InChI=1S/C17H14O4/c18-15-10-21-17-7-12(5-6-14(15)17)19-8-11-9-20-16-4-2-1-3-13(11)16/h1-7,11H,8-10H2. The molecule has 0 saturated heterocycles. The first-order valence-corrected chi connectivity index (χ1v) is 6.96. The van der Waals surface area contributed by atoms with Crippen molar-refractivity contribution in [2.75, 3.05) is 19.8 Å². The Labute approximate surface area is 122 Å². The molecule has 0 N–H and O–H groups in total. The second-order valence-electron chi connectivity index (χ2n) is 5.23. The van der Waals surface area contributed by atoms with Gasteiger partial charge < -0.3 is 14.2 Å². The molecule has 2 aliphatic rings. The Balaban J connectivity index is 1.48. The summed E-state index contributed by atoms with van der Waals surface area (Å²) in [6.07, 6.45) is 0. The average molecular weight is 282 g/mol. The lowest BCUT2D eigenvalue weighted by Crippen LogP contribution is -2.11. The van der Waals surface area contributed by atoms with Gasteiger partial charge >= 0.3 is 0 Å². The number of ether oxygens (including phenoxy) is 3. The zero-order chi connectivity index (χ0) is 14.2.